The number of carbonyl (C=O) groups is 4. The molecule has 0 bridgehead atoms. The molecule has 8 heteroatoms. The zero-order chi connectivity index (χ0) is 15.6. The van der Waals surface area contributed by atoms with Gasteiger partial charge in [-0.25, -0.2) is 9.59 Å². The van der Waals surface area contributed by atoms with Crippen molar-refractivity contribution in [2.75, 3.05) is 20.2 Å². The Kier molecular flexibility index (Phi) is 3.88. The number of amides is 4. The van der Waals surface area contributed by atoms with E-state index in [1.54, 1.807) is 0 Å². The van der Waals surface area contributed by atoms with Crippen LogP contribution in [-0.2, 0) is 9.59 Å². The number of rotatable bonds is 5. The van der Waals surface area contributed by atoms with E-state index in [0.717, 1.165) is 9.80 Å². The van der Waals surface area contributed by atoms with E-state index in [1.165, 1.54) is 31.3 Å². The van der Waals surface area contributed by atoms with Crippen LogP contribution >= 0.6 is 0 Å². The van der Waals surface area contributed by atoms with Gasteiger partial charge < -0.3 is 9.84 Å². The van der Waals surface area contributed by atoms with Crippen LogP contribution in [0.25, 0.3) is 0 Å². The van der Waals surface area contributed by atoms with Gasteiger partial charge in [0.2, 0.25) is 0 Å². The molecule has 0 spiro atoms. The van der Waals surface area contributed by atoms with Crippen molar-refractivity contribution in [3.05, 3.63) is 29.8 Å². The largest absolute Gasteiger partial charge is 0.492 e. The van der Waals surface area contributed by atoms with Crippen molar-refractivity contribution in [1.82, 2.24) is 9.80 Å². The first kappa shape index (κ1) is 14.5. The van der Waals surface area contributed by atoms with Gasteiger partial charge in [-0.2, -0.15) is 0 Å². The number of urea groups is 1. The van der Waals surface area contributed by atoms with Crippen LogP contribution < -0.4 is 4.74 Å². The summed E-state index contributed by atoms with van der Waals surface area (Å²) < 4.78 is 5.30. The molecule has 0 unspecified atom stereocenters. The molecule has 0 aromatic heterocycles. The number of likely N-dealkylation sites (N-methyl/N-ethyl adjacent to an activating group) is 1. The monoisotopic (exact) mass is 292 g/mol. The Morgan fingerprint density at radius 3 is 2.24 bits per heavy atom. The van der Waals surface area contributed by atoms with Crippen LogP contribution in [0, 0.1) is 0 Å². The second-order valence-corrected chi connectivity index (χ2v) is 4.28. The molecule has 1 heterocycles. The van der Waals surface area contributed by atoms with Gasteiger partial charge >= 0.3 is 23.8 Å². The molecule has 1 aliphatic heterocycles. The number of carboxylic acids is 1. The molecule has 1 aromatic carbocycles. The van der Waals surface area contributed by atoms with Crippen LogP contribution in [0.1, 0.15) is 10.4 Å². The number of carboxylic acid groups (broad SMARTS) is 1. The maximum absolute atomic E-state index is 11.6. The molecule has 0 atom stereocenters. The molecule has 1 fully saturated rings. The van der Waals surface area contributed by atoms with Gasteiger partial charge in [0, 0.05) is 7.05 Å². The molecule has 0 radical (unpaired) electrons. The molecule has 0 saturated carbocycles. The van der Waals surface area contributed by atoms with Crippen LogP contribution in [0.5, 0.6) is 5.75 Å². The first-order chi connectivity index (χ1) is 9.91. The van der Waals surface area contributed by atoms with Crippen molar-refractivity contribution in [2.45, 2.75) is 0 Å². The van der Waals surface area contributed by atoms with Gasteiger partial charge in [-0.3, -0.25) is 19.4 Å². The Morgan fingerprint density at radius 1 is 1.14 bits per heavy atom. The Hall–Kier alpha value is -2.90. The number of hydrogen-bond acceptors (Lipinski definition) is 5. The number of aromatic carboxylic acids is 1. The van der Waals surface area contributed by atoms with E-state index in [9.17, 15) is 19.2 Å². The highest BCUT2D eigenvalue weighted by atomic mass is 16.5. The van der Waals surface area contributed by atoms with Gasteiger partial charge in [0.05, 0.1) is 12.1 Å². The van der Waals surface area contributed by atoms with Crippen LogP contribution in [0.3, 0.4) is 0 Å². The minimum Gasteiger partial charge on any atom is -0.492 e. The number of benzene rings is 1. The average Bonchev–Trinajstić information content (AvgIpc) is 2.65. The number of ether oxygens (including phenoxy) is 1. The molecular weight excluding hydrogens is 280 g/mol. The van der Waals surface area contributed by atoms with Crippen LogP contribution in [-0.4, -0.2) is 58.9 Å². The highest BCUT2D eigenvalue weighted by Crippen LogP contribution is 2.13. The van der Waals surface area contributed by atoms with Gasteiger partial charge in [-0.05, 0) is 24.3 Å². The van der Waals surface area contributed by atoms with E-state index in [-0.39, 0.29) is 18.7 Å². The lowest BCUT2D eigenvalue weighted by Gasteiger charge is -2.13. The lowest BCUT2D eigenvalue weighted by atomic mass is 10.2. The Bertz CT molecular complexity index is 610. The summed E-state index contributed by atoms with van der Waals surface area (Å²) in [6.07, 6.45) is 0. The van der Waals surface area contributed by atoms with Gasteiger partial charge in [-0.1, -0.05) is 0 Å². The normalized spacial score (nSPS) is 14.8. The molecule has 2 rings (SSSR count). The molecule has 1 N–H and O–H groups in total. The summed E-state index contributed by atoms with van der Waals surface area (Å²) in [5.41, 5.74) is 0.125. The quantitative estimate of drug-likeness (QED) is 0.613. The Morgan fingerprint density at radius 2 is 1.76 bits per heavy atom. The fourth-order valence-electron chi connectivity index (χ4n) is 1.76. The summed E-state index contributed by atoms with van der Waals surface area (Å²) in [5.74, 6) is -2.40. The highest BCUT2D eigenvalue weighted by Gasteiger charge is 2.41. The lowest BCUT2D eigenvalue weighted by molar-refractivity contribution is -0.142. The third-order valence-corrected chi connectivity index (χ3v) is 2.94. The summed E-state index contributed by atoms with van der Waals surface area (Å²) >= 11 is 0. The SMILES string of the molecule is CN1C(=O)C(=O)N(CCOc2ccc(C(=O)O)cc2)C1=O. The number of hydrogen-bond donors (Lipinski definition) is 1. The minimum atomic E-state index is -1.05. The molecular formula is C13H12N2O6. The molecule has 21 heavy (non-hydrogen) atoms. The standard InChI is InChI=1S/C13H12N2O6/c1-14-10(16)11(17)15(13(14)20)6-7-21-9-4-2-8(3-5-9)12(18)19/h2-5H,6-7H2,1H3,(H,18,19). The van der Waals surface area contributed by atoms with E-state index in [4.69, 9.17) is 9.84 Å². The van der Waals surface area contributed by atoms with E-state index in [2.05, 4.69) is 0 Å². The summed E-state index contributed by atoms with van der Waals surface area (Å²) in [6, 6.07) is 5.00. The van der Waals surface area contributed by atoms with Crippen LogP contribution in [0.15, 0.2) is 24.3 Å². The highest BCUT2D eigenvalue weighted by molar-refractivity contribution is 6.44. The zero-order valence-corrected chi connectivity index (χ0v) is 11.1. The Labute approximate surface area is 119 Å². The molecule has 8 nitrogen and oxygen atoms in total. The van der Waals surface area contributed by atoms with E-state index in [1.807, 2.05) is 0 Å². The third kappa shape index (κ3) is 2.83. The summed E-state index contributed by atoms with van der Waals surface area (Å²) in [7, 11) is 1.23. The van der Waals surface area contributed by atoms with Gasteiger partial charge in [0.1, 0.15) is 12.4 Å². The fourth-order valence-corrected chi connectivity index (χ4v) is 1.76. The first-order valence-electron chi connectivity index (χ1n) is 6.01. The van der Waals surface area contributed by atoms with Gasteiger partial charge in [-0.15, -0.1) is 0 Å². The maximum Gasteiger partial charge on any atom is 0.335 e. The topological polar surface area (TPSA) is 104 Å². The van der Waals surface area contributed by atoms with Crippen molar-refractivity contribution in [2.24, 2.45) is 0 Å². The predicted molar refractivity (Wildman–Crippen MR) is 68.8 cm³/mol. The van der Waals surface area contributed by atoms with Gasteiger partial charge in [0.25, 0.3) is 0 Å². The number of imide groups is 2. The van der Waals surface area contributed by atoms with Crippen molar-refractivity contribution < 1.29 is 29.0 Å². The van der Waals surface area contributed by atoms with E-state index in [0.29, 0.717) is 5.75 Å². The zero-order valence-electron chi connectivity index (χ0n) is 11.1. The molecule has 0 aliphatic carbocycles. The molecule has 1 aromatic rings. The van der Waals surface area contributed by atoms with Crippen molar-refractivity contribution >= 4 is 23.8 Å². The summed E-state index contributed by atoms with van der Waals surface area (Å²) in [5, 5.41) is 8.74. The minimum absolute atomic E-state index is 0.00498. The Balaban J connectivity index is 1.90. The predicted octanol–water partition coefficient (Wildman–Crippen LogP) is 0.184. The molecule has 110 valence electrons. The summed E-state index contributed by atoms with van der Waals surface area (Å²) in [4.78, 5) is 46.6. The second kappa shape index (κ2) is 5.61. The van der Waals surface area contributed by atoms with E-state index < -0.39 is 23.8 Å². The van der Waals surface area contributed by atoms with Crippen LogP contribution in [0.4, 0.5) is 4.79 Å². The maximum atomic E-state index is 11.6. The van der Waals surface area contributed by atoms with E-state index >= 15 is 0 Å². The molecule has 1 saturated heterocycles. The second-order valence-electron chi connectivity index (χ2n) is 4.28. The summed E-state index contributed by atoms with van der Waals surface area (Å²) in [6.45, 7) is -0.0561. The smallest absolute Gasteiger partial charge is 0.335 e. The fraction of sp³-hybridized carbons (Fsp3) is 0.231. The average molecular weight is 292 g/mol. The number of carbonyl (C=O) groups excluding carboxylic acids is 3. The first-order valence-corrected chi connectivity index (χ1v) is 6.01. The van der Waals surface area contributed by atoms with Crippen LogP contribution in [0.2, 0.25) is 0 Å². The molecule has 1 aliphatic rings. The third-order valence-electron chi connectivity index (χ3n) is 2.94. The van der Waals surface area contributed by atoms with Gasteiger partial charge in [0.15, 0.2) is 0 Å². The lowest BCUT2D eigenvalue weighted by Crippen LogP contribution is -2.35. The van der Waals surface area contributed by atoms with Crippen molar-refractivity contribution in [3.8, 4) is 5.75 Å². The van der Waals surface area contributed by atoms with Crippen molar-refractivity contribution in [1.29, 1.82) is 0 Å². The number of nitrogens with zero attached hydrogens (tertiary/aromatic N) is 2. The molecule has 4 amide bonds. The van der Waals surface area contributed by atoms with Crippen molar-refractivity contribution in [3.63, 3.8) is 0 Å².